The first kappa shape index (κ1) is 14.3. The molecule has 0 heterocycles. The molecule has 0 saturated carbocycles. The Hall–Kier alpha value is -2.08. The van der Waals surface area contributed by atoms with E-state index in [-0.39, 0.29) is 0 Å². The molecule has 0 nitrogen and oxygen atoms in total. The highest BCUT2D eigenvalue weighted by molar-refractivity contribution is 5.83. The Balaban J connectivity index is 2.35. The normalized spacial score (nSPS) is 11.4. The van der Waals surface area contributed by atoms with Crippen molar-refractivity contribution in [3.63, 3.8) is 0 Å². The molecular formula is C20H22. The molecule has 0 aliphatic rings. The van der Waals surface area contributed by atoms with E-state index in [9.17, 15) is 0 Å². The zero-order valence-corrected chi connectivity index (χ0v) is 12.4. The minimum absolute atomic E-state index is 1.08. The summed E-state index contributed by atoms with van der Waals surface area (Å²) in [4.78, 5) is 0. The summed E-state index contributed by atoms with van der Waals surface area (Å²) in [5.41, 5.74) is 6.26. The van der Waals surface area contributed by atoms with Crippen molar-refractivity contribution in [1.82, 2.24) is 0 Å². The second-order valence-electron chi connectivity index (χ2n) is 5.13. The van der Waals surface area contributed by atoms with Crippen LogP contribution >= 0.6 is 0 Å². The summed E-state index contributed by atoms with van der Waals surface area (Å²) in [6, 6.07) is 19.0. The molecule has 0 radical (unpaired) electrons. The number of benzene rings is 2. The van der Waals surface area contributed by atoms with Gasteiger partial charge in [-0.1, -0.05) is 80.6 Å². The van der Waals surface area contributed by atoms with Gasteiger partial charge in [-0.05, 0) is 41.2 Å². The van der Waals surface area contributed by atoms with Gasteiger partial charge in [0.05, 0.1) is 0 Å². The predicted octanol–water partition coefficient (Wildman–Crippen LogP) is 5.89. The number of allylic oxidation sites excluding steroid dienone is 3. The molecule has 0 aliphatic heterocycles. The molecule has 0 fully saturated rings. The second kappa shape index (κ2) is 6.91. The molecule has 0 unspecified atom stereocenters. The van der Waals surface area contributed by atoms with Crippen LogP contribution in [-0.2, 0) is 0 Å². The van der Waals surface area contributed by atoms with Gasteiger partial charge in [-0.25, -0.2) is 0 Å². The maximum Gasteiger partial charge on any atom is -0.0161 e. The van der Waals surface area contributed by atoms with Gasteiger partial charge in [0.1, 0.15) is 0 Å². The largest absolute Gasteiger partial charge is 0.0911 e. The fourth-order valence-electron chi connectivity index (χ4n) is 2.44. The SMILES string of the molecule is C=C(/C=C(\CCC)c1ccccc1)c1ccccc1C. The average Bonchev–Trinajstić information content (AvgIpc) is 2.48. The average molecular weight is 262 g/mol. The van der Waals surface area contributed by atoms with Gasteiger partial charge in [-0.3, -0.25) is 0 Å². The van der Waals surface area contributed by atoms with Crippen LogP contribution in [0.1, 0.15) is 36.5 Å². The molecule has 2 aromatic carbocycles. The smallest absolute Gasteiger partial charge is 0.0161 e. The Morgan fingerprint density at radius 1 is 1.00 bits per heavy atom. The van der Waals surface area contributed by atoms with E-state index in [4.69, 9.17) is 0 Å². The Morgan fingerprint density at radius 2 is 1.65 bits per heavy atom. The predicted molar refractivity (Wildman–Crippen MR) is 89.5 cm³/mol. The van der Waals surface area contributed by atoms with E-state index in [0.29, 0.717) is 0 Å². The van der Waals surface area contributed by atoms with Gasteiger partial charge in [0, 0.05) is 0 Å². The van der Waals surface area contributed by atoms with Crippen LogP contribution in [-0.4, -0.2) is 0 Å². The number of rotatable bonds is 5. The highest BCUT2D eigenvalue weighted by Crippen LogP contribution is 2.26. The fraction of sp³-hybridized carbons (Fsp3) is 0.200. The molecule has 0 bridgehead atoms. The van der Waals surface area contributed by atoms with E-state index in [1.54, 1.807) is 0 Å². The summed E-state index contributed by atoms with van der Waals surface area (Å²) >= 11 is 0. The van der Waals surface area contributed by atoms with Crippen LogP contribution in [0.2, 0.25) is 0 Å². The molecule has 2 aromatic rings. The molecule has 0 aromatic heterocycles. The van der Waals surface area contributed by atoms with Crippen molar-refractivity contribution >= 4 is 11.1 Å². The van der Waals surface area contributed by atoms with Crippen molar-refractivity contribution in [1.29, 1.82) is 0 Å². The van der Waals surface area contributed by atoms with Gasteiger partial charge >= 0.3 is 0 Å². The van der Waals surface area contributed by atoms with Crippen molar-refractivity contribution in [2.75, 3.05) is 0 Å². The van der Waals surface area contributed by atoms with E-state index in [0.717, 1.165) is 18.4 Å². The van der Waals surface area contributed by atoms with Crippen LogP contribution in [0.25, 0.3) is 11.1 Å². The summed E-state index contributed by atoms with van der Waals surface area (Å²) in [7, 11) is 0. The Bertz CT molecular complexity index is 603. The summed E-state index contributed by atoms with van der Waals surface area (Å²) < 4.78 is 0. The van der Waals surface area contributed by atoms with E-state index < -0.39 is 0 Å². The lowest BCUT2D eigenvalue weighted by atomic mass is 9.95. The van der Waals surface area contributed by atoms with Gasteiger partial charge in [0.25, 0.3) is 0 Å². The first-order valence-electron chi connectivity index (χ1n) is 7.23. The van der Waals surface area contributed by atoms with E-state index in [1.807, 2.05) is 0 Å². The maximum atomic E-state index is 4.26. The molecular weight excluding hydrogens is 240 g/mol. The monoisotopic (exact) mass is 262 g/mol. The molecule has 0 amide bonds. The van der Waals surface area contributed by atoms with Crippen molar-refractivity contribution in [2.45, 2.75) is 26.7 Å². The molecule has 20 heavy (non-hydrogen) atoms. The minimum atomic E-state index is 1.08. The van der Waals surface area contributed by atoms with E-state index >= 15 is 0 Å². The number of hydrogen-bond donors (Lipinski definition) is 0. The molecule has 0 atom stereocenters. The molecule has 0 N–H and O–H groups in total. The fourth-order valence-corrected chi connectivity index (χ4v) is 2.44. The molecule has 102 valence electrons. The van der Waals surface area contributed by atoms with Gasteiger partial charge in [-0.2, -0.15) is 0 Å². The molecule has 2 rings (SSSR count). The van der Waals surface area contributed by atoms with Crippen LogP contribution in [0.3, 0.4) is 0 Å². The third-order valence-corrected chi connectivity index (χ3v) is 3.50. The Labute approximate surface area is 122 Å². The quantitative estimate of drug-likeness (QED) is 0.589. The van der Waals surface area contributed by atoms with Gasteiger partial charge in [0.2, 0.25) is 0 Å². The summed E-state index contributed by atoms with van der Waals surface area (Å²) in [5.74, 6) is 0. The summed E-state index contributed by atoms with van der Waals surface area (Å²) in [5, 5.41) is 0. The lowest BCUT2D eigenvalue weighted by Crippen LogP contribution is -1.88. The highest BCUT2D eigenvalue weighted by atomic mass is 14.1. The van der Waals surface area contributed by atoms with Crippen molar-refractivity contribution in [2.24, 2.45) is 0 Å². The summed E-state index contributed by atoms with van der Waals surface area (Å²) in [6.07, 6.45) is 4.46. The van der Waals surface area contributed by atoms with Gasteiger partial charge < -0.3 is 0 Å². The van der Waals surface area contributed by atoms with Gasteiger partial charge in [-0.15, -0.1) is 0 Å². The highest BCUT2D eigenvalue weighted by Gasteiger charge is 2.04. The lowest BCUT2D eigenvalue weighted by Gasteiger charge is -2.10. The second-order valence-corrected chi connectivity index (χ2v) is 5.13. The lowest BCUT2D eigenvalue weighted by molar-refractivity contribution is 0.973. The Morgan fingerprint density at radius 3 is 2.30 bits per heavy atom. The van der Waals surface area contributed by atoms with Crippen molar-refractivity contribution < 1.29 is 0 Å². The first-order chi connectivity index (χ1) is 9.72. The standard InChI is InChI=1S/C20H22/c1-4-10-19(18-12-6-5-7-13-18)15-17(3)20-14-9-8-11-16(20)2/h5-9,11-15H,3-4,10H2,1-2H3/b19-15+. The first-order valence-corrected chi connectivity index (χ1v) is 7.23. The van der Waals surface area contributed by atoms with E-state index in [1.165, 1.54) is 22.3 Å². The third kappa shape index (κ3) is 3.48. The zero-order chi connectivity index (χ0) is 14.4. The van der Waals surface area contributed by atoms with E-state index in [2.05, 4.69) is 81.1 Å². The van der Waals surface area contributed by atoms with Gasteiger partial charge in [0.15, 0.2) is 0 Å². The number of aryl methyl sites for hydroxylation is 1. The Kier molecular flexibility index (Phi) is 4.95. The van der Waals surface area contributed by atoms with Crippen LogP contribution in [0, 0.1) is 6.92 Å². The zero-order valence-electron chi connectivity index (χ0n) is 12.4. The maximum absolute atomic E-state index is 4.26. The van der Waals surface area contributed by atoms with Crippen LogP contribution in [0.15, 0.2) is 67.3 Å². The molecule has 0 aliphatic carbocycles. The minimum Gasteiger partial charge on any atom is -0.0911 e. The van der Waals surface area contributed by atoms with Crippen LogP contribution < -0.4 is 0 Å². The molecule has 0 heteroatoms. The summed E-state index contributed by atoms with van der Waals surface area (Å²) in [6.45, 7) is 8.61. The molecule has 0 saturated heterocycles. The molecule has 0 spiro atoms. The van der Waals surface area contributed by atoms with Crippen LogP contribution in [0.4, 0.5) is 0 Å². The van der Waals surface area contributed by atoms with Crippen LogP contribution in [0.5, 0.6) is 0 Å². The topological polar surface area (TPSA) is 0 Å². The third-order valence-electron chi connectivity index (χ3n) is 3.50. The van der Waals surface area contributed by atoms with Crippen molar-refractivity contribution in [3.05, 3.63) is 83.9 Å². The van der Waals surface area contributed by atoms with Crippen molar-refractivity contribution in [3.8, 4) is 0 Å². The number of hydrogen-bond acceptors (Lipinski definition) is 0.